The number of para-hydroxylation sites is 3. The summed E-state index contributed by atoms with van der Waals surface area (Å²) in [6.45, 7) is 0. The maximum Gasteiger partial charge on any atom is 0.137 e. The SMILES string of the molecule is c1ccc2c(c1)oc1cc3c(cc12)c1cc2oc4ccccc4c2c2c4ccccc4n3c12. The molecule has 0 aliphatic rings. The molecule has 9 rings (SSSR count). The maximum absolute atomic E-state index is 6.37. The number of hydrogen-bond donors (Lipinski definition) is 0. The molecule has 0 aliphatic carbocycles. The summed E-state index contributed by atoms with van der Waals surface area (Å²) in [5.74, 6) is 0. The summed E-state index contributed by atoms with van der Waals surface area (Å²) in [6, 6.07) is 32.0. The van der Waals surface area contributed by atoms with E-state index in [1.807, 2.05) is 18.2 Å². The Bertz CT molecular complexity index is 2240. The quantitative estimate of drug-likeness (QED) is 0.245. The zero-order chi connectivity index (χ0) is 21.3. The fourth-order valence-electron chi connectivity index (χ4n) is 5.99. The zero-order valence-corrected chi connectivity index (χ0v) is 17.4. The predicted molar refractivity (Wildman–Crippen MR) is 136 cm³/mol. The van der Waals surface area contributed by atoms with E-state index in [4.69, 9.17) is 8.83 Å². The summed E-state index contributed by atoms with van der Waals surface area (Å²) in [6.07, 6.45) is 0. The molecule has 5 aromatic carbocycles. The molecule has 9 aromatic rings. The van der Waals surface area contributed by atoms with Crippen molar-refractivity contribution >= 4 is 82.0 Å². The lowest BCUT2D eigenvalue weighted by Gasteiger charge is -1.99. The lowest BCUT2D eigenvalue weighted by atomic mass is 10.0. The fourth-order valence-corrected chi connectivity index (χ4v) is 5.99. The van der Waals surface area contributed by atoms with Crippen molar-refractivity contribution in [2.24, 2.45) is 0 Å². The van der Waals surface area contributed by atoms with Gasteiger partial charge in [-0.15, -0.1) is 0 Å². The Hall–Kier alpha value is -4.50. The van der Waals surface area contributed by atoms with E-state index in [0.29, 0.717) is 0 Å². The van der Waals surface area contributed by atoms with E-state index in [1.54, 1.807) is 0 Å². The Labute approximate surface area is 186 Å². The standard InChI is InChI=1S/C30H15NO2/c1-4-10-22-17(8-1)29-28-18-9-3-6-12-25(18)33-27(28)14-21-19-13-20-16-7-2-5-11-24(16)32-26(20)15-23(19)31(22)30(21)29/h1-15H. The van der Waals surface area contributed by atoms with Crippen LogP contribution in [0, 0.1) is 0 Å². The van der Waals surface area contributed by atoms with Crippen LogP contribution in [0.3, 0.4) is 0 Å². The first-order valence-corrected chi connectivity index (χ1v) is 11.2. The zero-order valence-electron chi connectivity index (χ0n) is 17.4. The second kappa shape index (κ2) is 5.28. The summed E-state index contributed by atoms with van der Waals surface area (Å²) in [4.78, 5) is 0. The molecule has 152 valence electrons. The van der Waals surface area contributed by atoms with Crippen molar-refractivity contribution in [1.82, 2.24) is 4.40 Å². The first-order valence-electron chi connectivity index (χ1n) is 11.2. The summed E-state index contributed by atoms with van der Waals surface area (Å²) in [5, 5.41) is 9.62. The molecule has 4 aromatic heterocycles. The number of hydrogen-bond acceptors (Lipinski definition) is 2. The molecule has 0 aliphatic heterocycles. The molecular formula is C30H15NO2. The molecule has 0 saturated carbocycles. The van der Waals surface area contributed by atoms with E-state index in [1.165, 1.54) is 43.5 Å². The van der Waals surface area contributed by atoms with Gasteiger partial charge in [0.1, 0.15) is 22.3 Å². The molecule has 0 saturated heterocycles. The first-order chi connectivity index (χ1) is 16.4. The molecular weight excluding hydrogens is 406 g/mol. The minimum atomic E-state index is 0.919. The van der Waals surface area contributed by atoms with Crippen LogP contribution in [0.2, 0.25) is 0 Å². The smallest absolute Gasteiger partial charge is 0.137 e. The van der Waals surface area contributed by atoms with Gasteiger partial charge in [-0.25, -0.2) is 0 Å². The second-order valence-electron chi connectivity index (χ2n) is 8.94. The van der Waals surface area contributed by atoms with E-state index < -0.39 is 0 Å². The average Bonchev–Trinajstić information content (AvgIpc) is 3.57. The Balaban J connectivity index is 1.64. The van der Waals surface area contributed by atoms with Gasteiger partial charge in [-0.2, -0.15) is 0 Å². The molecule has 3 heteroatoms. The van der Waals surface area contributed by atoms with Crippen LogP contribution in [0.4, 0.5) is 0 Å². The van der Waals surface area contributed by atoms with E-state index >= 15 is 0 Å². The van der Waals surface area contributed by atoms with Crippen LogP contribution in [-0.2, 0) is 0 Å². The van der Waals surface area contributed by atoms with Gasteiger partial charge >= 0.3 is 0 Å². The summed E-state index contributed by atoms with van der Waals surface area (Å²) in [5.41, 5.74) is 7.34. The normalized spacial score (nSPS) is 12.8. The maximum atomic E-state index is 6.37. The number of benzene rings is 5. The van der Waals surface area contributed by atoms with Crippen molar-refractivity contribution in [2.45, 2.75) is 0 Å². The van der Waals surface area contributed by atoms with Crippen molar-refractivity contribution in [3.05, 3.63) is 91.0 Å². The Morgan fingerprint density at radius 3 is 2.00 bits per heavy atom. The summed E-state index contributed by atoms with van der Waals surface area (Å²) >= 11 is 0. The molecule has 0 spiro atoms. The monoisotopic (exact) mass is 421 g/mol. The minimum absolute atomic E-state index is 0.919. The summed E-state index contributed by atoms with van der Waals surface area (Å²) in [7, 11) is 0. The molecule has 0 bridgehead atoms. The van der Waals surface area contributed by atoms with Gasteiger partial charge in [-0.3, -0.25) is 0 Å². The van der Waals surface area contributed by atoms with Gasteiger partial charge in [0.25, 0.3) is 0 Å². The van der Waals surface area contributed by atoms with Crippen LogP contribution < -0.4 is 0 Å². The van der Waals surface area contributed by atoms with E-state index in [-0.39, 0.29) is 0 Å². The molecule has 0 unspecified atom stereocenters. The third-order valence-corrected chi connectivity index (χ3v) is 7.30. The topological polar surface area (TPSA) is 30.7 Å². The van der Waals surface area contributed by atoms with Crippen molar-refractivity contribution in [1.29, 1.82) is 0 Å². The van der Waals surface area contributed by atoms with Crippen LogP contribution in [0.1, 0.15) is 0 Å². The highest BCUT2D eigenvalue weighted by molar-refractivity contribution is 6.35. The average molecular weight is 421 g/mol. The van der Waals surface area contributed by atoms with Crippen LogP contribution in [0.5, 0.6) is 0 Å². The molecule has 0 N–H and O–H groups in total. The van der Waals surface area contributed by atoms with E-state index in [0.717, 1.165) is 38.5 Å². The summed E-state index contributed by atoms with van der Waals surface area (Å²) < 4.78 is 15.0. The molecule has 4 heterocycles. The molecule has 3 nitrogen and oxygen atoms in total. The Morgan fingerprint density at radius 2 is 1.12 bits per heavy atom. The molecule has 0 atom stereocenters. The lowest BCUT2D eigenvalue weighted by molar-refractivity contribution is 0.669. The van der Waals surface area contributed by atoms with Crippen molar-refractivity contribution < 1.29 is 8.83 Å². The largest absolute Gasteiger partial charge is 0.456 e. The number of aromatic nitrogens is 1. The third kappa shape index (κ3) is 1.77. The van der Waals surface area contributed by atoms with Crippen molar-refractivity contribution in [3.63, 3.8) is 0 Å². The highest BCUT2D eigenvalue weighted by atomic mass is 16.3. The van der Waals surface area contributed by atoms with Crippen molar-refractivity contribution in [3.8, 4) is 0 Å². The van der Waals surface area contributed by atoms with Crippen LogP contribution in [0.25, 0.3) is 82.0 Å². The van der Waals surface area contributed by atoms with E-state index in [9.17, 15) is 0 Å². The first kappa shape index (κ1) is 16.2. The molecule has 0 fully saturated rings. The molecule has 33 heavy (non-hydrogen) atoms. The molecule has 0 amide bonds. The third-order valence-electron chi connectivity index (χ3n) is 7.30. The Kier molecular flexibility index (Phi) is 2.59. The number of fused-ring (bicyclic) bond motifs is 13. The lowest BCUT2D eigenvalue weighted by Crippen LogP contribution is -1.79. The van der Waals surface area contributed by atoms with Crippen LogP contribution in [0.15, 0.2) is 99.8 Å². The molecule has 0 radical (unpaired) electrons. The highest BCUT2D eigenvalue weighted by Gasteiger charge is 2.23. The number of nitrogens with zero attached hydrogens (tertiary/aromatic N) is 1. The van der Waals surface area contributed by atoms with Gasteiger partial charge in [0, 0.05) is 49.2 Å². The predicted octanol–water partition coefficient (Wildman–Crippen LogP) is 8.64. The van der Waals surface area contributed by atoms with Crippen molar-refractivity contribution in [2.75, 3.05) is 0 Å². The van der Waals surface area contributed by atoms with Gasteiger partial charge in [-0.05, 0) is 30.3 Å². The van der Waals surface area contributed by atoms with Gasteiger partial charge in [-0.1, -0.05) is 54.6 Å². The van der Waals surface area contributed by atoms with Crippen LogP contribution in [-0.4, -0.2) is 4.40 Å². The van der Waals surface area contributed by atoms with Gasteiger partial charge in [0.2, 0.25) is 0 Å². The number of furan rings is 2. The van der Waals surface area contributed by atoms with Gasteiger partial charge in [0.05, 0.1) is 16.6 Å². The fraction of sp³-hybridized carbons (Fsp3) is 0. The van der Waals surface area contributed by atoms with Gasteiger partial charge < -0.3 is 13.2 Å². The van der Waals surface area contributed by atoms with Crippen LogP contribution >= 0.6 is 0 Å². The Morgan fingerprint density at radius 1 is 0.424 bits per heavy atom. The minimum Gasteiger partial charge on any atom is -0.456 e. The van der Waals surface area contributed by atoms with E-state index in [2.05, 4.69) is 77.2 Å². The second-order valence-corrected chi connectivity index (χ2v) is 8.94. The highest BCUT2D eigenvalue weighted by Crippen LogP contribution is 2.46. The number of rotatable bonds is 0. The van der Waals surface area contributed by atoms with Gasteiger partial charge in [0.15, 0.2) is 0 Å².